The number of hydrogen-bond acceptors (Lipinski definition) is 4. The quantitative estimate of drug-likeness (QED) is 0.777. The molecule has 0 aromatic heterocycles. The smallest absolute Gasteiger partial charge is 0.404 e. The number of methoxy groups -OCH3 is 1. The Labute approximate surface area is 130 Å². The Kier molecular flexibility index (Phi) is 5.48. The number of hydrogen-bond donors (Lipinski definition) is 3. The van der Waals surface area contributed by atoms with Crippen LogP contribution in [0.2, 0.25) is 0 Å². The van der Waals surface area contributed by atoms with Gasteiger partial charge in [-0.2, -0.15) is 5.26 Å². The van der Waals surface area contributed by atoms with Crippen molar-refractivity contribution in [3.05, 3.63) is 23.8 Å². The number of nitrogens with zero attached hydrogens (tertiary/aromatic N) is 1. The lowest BCUT2D eigenvalue weighted by molar-refractivity contribution is 0.190. The van der Waals surface area contributed by atoms with Crippen molar-refractivity contribution in [2.24, 2.45) is 5.92 Å². The summed E-state index contributed by atoms with van der Waals surface area (Å²) in [6.45, 7) is 0.534. The average Bonchev–Trinajstić information content (AvgIpc) is 2.54. The van der Waals surface area contributed by atoms with Crippen molar-refractivity contribution in [1.29, 1.82) is 5.26 Å². The highest BCUT2D eigenvalue weighted by molar-refractivity contribution is 5.64. The molecule has 0 spiro atoms. The zero-order valence-electron chi connectivity index (χ0n) is 12.6. The first-order valence-corrected chi connectivity index (χ1v) is 7.44. The molecule has 6 nitrogen and oxygen atoms in total. The van der Waals surface area contributed by atoms with E-state index in [-0.39, 0.29) is 0 Å². The summed E-state index contributed by atoms with van der Waals surface area (Å²) in [5, 5.41) is 23.5. The maximum atomic E-state index is 10.5. The van der Waals surface area contributed by atoms with Crippen molar-refractivity contribution in [2.45, 2.75) is 31.7 Å². The van der Waals surface area contributed by atoms with Crippen LogP contribution in [0.1, 0.15) is 31.2 Å². The predicted molar refractivity (Wildman–Crippen MR) is 83.1 cm³/mol. The van der Waals surface area contributed by atoms with Gasteiger partial charge in [0.1, 0.15) is 11.8 Å². The standard InChI is InChI=1S/C16H21N3O3/c1-22-15-8-14(7-4-12(15)9-17)19-13-5-2-11(3-6-13)10-18-16(20)21/h4,7-8,11,13,18-19H,2-3,5-6,10H2,1H3,(H,20,21). The molecule has 0 bridgehead atoms. The highest BCUT2D eigenvalue weighted by atomic mass is 16.5. The molecule has 6 heteroatoms. The molecule has 1 aromatic rings. The minimum absolute atomic E-state index is 0.374. The van der Waals surface area contributed by atoms with Crippen LogP contribution in [0.4, 0.5) is 10.5 Å². The van der Waals surface area contributed by atoms with Gasteiger partial charge >= 0.3 is 6.09 Å². The number of carbonyl (C=O) groups is 1. The molecular formula is C16H21N3O3. The Balaban J connectivity index is 1.86. The van der Waals surface area contributed by atoms with Crippen LogP contribution in [0.25, 0.3) is 0 Å². The van der Waals surface area contributed by atoms with Gasteiger partial charge in [0, 0.05) is 24.3 Å². The number of rotatable bonds is 5. The van der Waals surface area contributed by atoms with Gasteiger partial charge in [-0.3, -0.25) is 0 Å². The second kappa shape index (κ2) is 7.55. The molecule has 3 N–H and O–H groups in total. The lowest BCUT2D eigenvalue weighted by Crippen LogP contribution is -2.33. The second-order valence-corrected chi connectivity index (χ2v) is 5.57. The van der Waals surface area contributed by atoms with Gasteiger partial charge in [-0.05, 0) is 43.7 Å². The number of amides is 1. The largest absolute Gasteiger partial charge is 0.495 e. The van der Waals surface area contributed by atoms with Gasteiger partial charge in [0.2, 0.25) is 0 Å². The zero-order valence-corrected chi connectivity index (χ0v) is 12.6. The number of carboxylic acid groups (broad SMARTS) is 1. The third-order valence-corrected chi connectivity index (χ3v) is 4.08. The summed E-state index contributed by atoms with van der Waals surface area (Å²) in [7, 11) is 1.56. The molecule has 0 saturated heterocycles. The number of nitrogens with one attached hydrogen (secondary N) is 2. The normalized spacial score (nSPS) is 20.7. The van der Waals surface area contributed by atoms with Crippen molar-refractivity contribution in [2.75, 3.05) is 19.0 Å². The average molecular weight is 303 g/mol. The molecule has 0 unspecified atom stereocenters. The zero-order chi connectivity index (χ0) is 15.9. The summed E-state index contributed by atoms with van der Waals surface area (Å²) < 4.78 is 5.21. The third-order valence-electron chi connectivity index (χ3n) is 4.08. The molecule has 2 rings (SSSR count). The van der Waals surface area contributed by atoms with Crippen LogP contribution in [-0.2, 0) is 0 Å². The van der Waals surface area contributed by atoms with Gasteiger partial charge in [0.05, 0.1) is 12.7 Å². The fourth-order valence-electron chi connectivity index (χ4n) is 2.85. The van der Waals surface area contributed by atoms with E-state index < -0.39 is 6.09 Å². The molecule has 1 amide bonds. The summed E-state index contributed by atoms with van der Waals surface area (Å²) >= 11 is 0. The van der Waals surface area contributed by atoms with Crippen molar-refractivity contribution in [3.8, 4) is 11.8 Å². The Morgan fingerprint density at radius 1 is 1.41 bits per heavy atom. The third kappa shape index (κ3) is 4.29. The van der Waals surface area contributed by atoms with Crippen molar-refractivity contribution in [3.63, 3.8) is 0 Å². The molecule has 1 aliphatic rings. The van der Waals surface area contributed by atoms with Crippen LogP contribution >= 0.6 is 0 Å². The fourth-order valence-corrected chi connectivity index (χ4v) is 2.85. The predicted octanol–water partition coefficient (Wildman–Crippen LogP) is 2.81. The van der Waals surface area contributed by atoms with Gasteiger partial charge in [-0.25, -0.2) is 4.79 Å². The molecule has 0 heterocycles. The Morgan fingerprint density at radius 2 is 2.14 bits per heavy atom. The number of anilines is 1. The molecule has 1 aromatic carbocycles. The van der Waals surface area contributed by atoms with E-state index in [9.17, 15) is 4.79 Å². The molecule has 1 fully saturated rings. The molecule has 0 aliphatic heterocycles. The van der Waals surface area contributed by atoms with Gasteiger partial charge in [0.15, 0.2) is 0 Å². The lowest BCUT2D eigenvalue weighted by Gasteiger charge is -2.29. The summed E-state index contributed by atoms with van der Waals surface area (Å²) in [6, 6.07) is 7.96. The SMILES string of the molecule is COc1cc(NC2CCC(CNC(=O)O)CC2)ccc1C#N. The van der Waals surface area contributed by atoms with E-state index in [1.165, 1.54) is 0 Å². The first kappa shape index (κ1) is 16.0. The maximum absolute atomic E-state index is 10.5. The van der Waals surface area contributed by atoms with E-state index in [2.05, 4.69) is 16.7 Å². The summed E-state index contributed by atoms with van der Waals surface area (Å²) in [4.78, 5) is 10.5. The number of ether oxygens (including phenoxy) is 1. The van der Waals surface area contributed by atoms with Crippen LogP contribution in [0.5, 0.6) is 5.75 Å². The second-order valence-electron chi connectivity index (χ2n) is 5.57. The molecule has 1 aliphatic carbocycles. The van der Waals surface area contributed by atoms with E-state index >= 15 is 0 Å². The Hall–Kier alpha value is -2.42. The number of benzene rings is 1. The molecule has 1 saturated carbocycles. The van der Waals surface area contributed by atoms with Gasteiger partial charge in [-0.15, -0.1) is 0 Å². The summed E-state index contributed by atoms with van der Waals surface area (Å²) in [6.07, 6.45) is 3.07. The molecule has 22 heavy (non-hydrogen) atoms. The van der Waals surface area contributed by atoms with Crippen molar-refractivity contribution >= 4 is 11.8 Å². The lowest BCUT2D eigenvalue weighted by atomic mass is 9.86. The van der Waals surface area contributed by atoms with Crippen LogP contribution in [0, 0.1) is 17.2 Å². The van der Waals surface area contributed by atoms with Gasteiger partial charge in [-0.1, -0.05) is 0 Å². The Bertz CT molecular complexity index is 560. The molecule has 0 atom stereocenters. The first-order chi connectivity index (χ1) is 10.6. The molecular weight excluding hydrogens is 282 g/mol. The van der Waals surface area contributed by atoms with E-state index in [1.807, 2.05) is 12.1 Å². The highest BCUT2D eigenvalue weighted by Gasteiger charge is 2.21. The molecule has 118 valence electrons. The summed E-state index contributed by atoms with van der Waals surface area (Å²) in [5.41, 5.74) is 1.47. The van der Waals surface area contributed by atoms with E-state index in [4.69, 9.17) is 15.1 Å². The van der Waals surface area contributed by atoms with Crippen LogP contribution < -0.4 is 15.4 Å². The number of nitriles is 1. The van der Waals surface area contributed by atoms with Crippen LogP contribution in [0.3, 0.4) is 0 Å². The Morgan fingerprint density at radius 3 is 2.73 bits per heavy atom. The van der Waals surface area contributed by atoms with E-state index in [1.54, 1.807) is 13.2 Å². The minimum atomic E-state index is -0.954. The van der Waals surface area contributed by atoms with E-state index in [0.717, 1.165) is 31.4 Å². The van der Waals surface area contributed by atoms with Crippen LogP contribution in [0.15, 0.2) is 18.2 Å². The van der Waals surface area contributed by atoms with Crippen LogP contribution in [-0.4, -0.2) is 30.9 Å². The molecule has 0 radical (unpaired) electrons. The monoisotopic (exact) mass is 303 g/mol. The van der Waals surface area contributed by atoms with Gasteiger partial charge < -0.3 is 20.5 Å². The fraction of sp³-hybridized carbons (Fsp3) is 0.500. The maximum Gasteiger partial charge on any atom is 0.404 e. The van der Waals surface area contributed by atoms with Crippen molar-refractivity contribution < 1.29 is 14.6 Å². The summed E-state index contributed by atoms with van der Waals surface area (Å²) in [5.74, 6) is 0.997. The van der Waals surface area contributed by atoms with E-state index in [0.29, 0.717) is 29.8 Å². The minimum Gasteiger partial charge on any atom is -0.495 e. The topological polar surface area (TPSA) is 94.4 Å². The van der Waals surface area contributed by atoms with Gasteiger partial charge in [0.25, 0.3) is 0 Å². The first-order valence-electron chi connectivity index (χ1n) is 7.44. The van der Waals surface area contributed by atoms with Crippen molar-refractivity contribution in [1.82, 2.24) is 5.32 Å². The highest BCUT2D eigenvalue weighted by Crippen LogP contribution is 2.28.